The topological polar surface area (TPSA) is 88.2 Å². The Morgan fingerprint density at radius 2 is 0.803 bits per heavy atom. The van der Waals surface area contributed by atoms with Crippen LogP contribution >= 0.6 is 0 Å². The van der Waals surface area contributed by atoms with Crippen molar-refractivity contribution in [2.45, 2.75) is 0 Å². The van der Waals surface area contributed by atoms with Gasteiger partial charge >= 0.3 is 0 Å². The molecule has 0 saturated heterocycles. The highest BCUT2D eigenvalue weighted by Gasteiger charge is 2.18. The predicted octanol–water partition coefficient (Wildman–Crippen LogP) is 14.7. The van der Waals surface area contributed by atoms with E-state index in [0.29, 0.717) is 40.1 Å². The molecule has 0 amide bonds. The molecular weight excluding hydrogens is 805 g/mol. The zero-order valence-corrected chi connectivity index (χ0v) is 35.2. The van der Waals surface area contributed by atoms with Crippen LogP contribution in [0.3, 0.4) is 0 Å². The van der Waals surface area contributed by atoms with Crippen LogP contribution in [0.4, 0.5) is 0 Å². The first-order valence-electron chi connectivity index (χ1n) is 23.9. The van der Waals surface area contributed by atoms with Gasteiger partial charge in [-0.1, -0.05) is 194 Å². The minimum atomic E-state index is -0.452. The Kier molecular flexibility index (Phi) is 9.12. The van der Waals surface area contributed by atoms with Gasteiger partial charge in [-0.3, -0.25) is 0 Å². The fourth-order valence-corrected chi connectivity index (χ4v) is 8.17. The SMILES string of the molecule is [2H]c1c([2H])c([2H])c(-c2ccc(-c3nc(-c4ccccc4)nc4ccccc34)c(-c3ccc(-c4nc(-c5ccccc5)nc(-c5cccc(-c6cccc(-c7cccc(C#N)c7)c6)c5)n4)cc3)c2)c([2H])c1[2H]. The summed E-state index contributed by atoms with van der Waals surface area (Å²) in [6.45, 7) is 0. The molecule has 0 bridgehead atoms. The Balaban J connectivity index is 1.04. The summed E-state index contributed by atoms with van der Waals surface area (Å²) in [6, 6.07) is 65.2. The lowest BCUT2D eigenvalue weighted by atomic mass is 9.91. The molecule has 0 aliphatic rings. The van der Waals surface area contributed by atoms with Crippen molar-refractivity contribution in [3.63, 3.8) is 0 Å². The van der Waals surface area contributed by atoms with Gasteiger partial charge in [0.15, 0.2) is 23.3 Å². The fourth-order valence-electron chi connectivity index (χ4n) is 8.17. The summed E-state index contributed by atoms with van der Waals surface area (Å²) in [7, 11) is 0. The second kappa shape index (κ2) is 17.5. The first-order chi connectivity index (χ1) is 34.7. The van der Waals surface area contributed by atoms with Crippen molar-refractivity contribution in [2.24, 2.45) is 0 Å². The normalized spacial score (nSPS) is 12.1. The second-order valence-electron chi connectivity index (χ2n) is 15.6. The van der Waals surface area contributed by atoms with Crippen molar-refractivity contribution in [3.8, 4) is 107 Å². The van der Waals surface area contributed by atoms with Crippen LogP contribution in [0.5, 0.6) is 0 Å². The third-order valence-corrected chi connectivity index (χ3v) is 11.5. The van der Waals surface area contributed by atoms with E-state index in [1.807, 2.05) is 164 Å². The summed E-state index contributed by atoms with van der Waals surface area (Å²) < 4.78 is 42.9. The van der Waals surface area contributed by atoms with Crippen LogP contribution in [0.1, 0.15) is 12.4 Å². The highest BCUT2D eigenvalue weighted by Crippen LogP contribution is 2.40. The lowest BCUT2D eigenvalue weighted by Crippen LogP contribution is -2.00. The van der Waals surface area contributed by atoms with Gasteiger partial charge in [-0.25, -0.2) is 24.9 Å². The molecule has 0 saturated carbocycles. The van der Waals surface area contributed by atoms with E-state index >= 15 is 0 Å². The number of benzene rings is 9. The first kappa shape index (κ1) is 34.3. The molecule has 0 unspecified atom stereocenters. The third kappa shape index (κ3) is 8.01. The molecule has 0 aliphatic heterocycles. The summed E-state index contributed by atoms with van der Waals surface area (Å²) in [5.41, 5.74) is 12.0. The van der Waals surface area contributed by atoms with Gasteiger partial charge in [0.05, 0.1) is 29.7 Å². The Morgan fingerprint density at radius 1 is 0.333 bits per heavy atom. The molecule has 2 heterocycles. The number of nitrogens with zero attached hydrogens (tertiary/aromatic N) is 6. The Labute approximate surface area is 390 Å². The van der Waals surface area contributed by atoms with Crippen LogP contribution < -0.4 is 0 Å². The molecule has 0 aliphatic carbocycles. The average Bonchev–Trinajstić information content (AvgIpc) is 3.44. The maximum atomic E-state index is 9.53. The van der Waals surface area contributed by atoms with Crippen molar-refractivity contribution in [1.29, 1.82) is 5.26 Å². The van der Waals surface area contributed by atoms with Gasteiger partial charge in [0, 0.05) is 33.2 Å². The molecule has 0 radical (unpaired) electrons. The van der Waals surface area contributed by atoms with Gasteiger partial charge in [-0.2, -0.15) is 5.26 Å². The third-order valence-electron chi connectivity index (χ3n) is 11.5. The number of rotatable bonds is 9. The first-order valence-corrected chi connectivity index (χ1v) is 21.4. The molecule has 0 spiro atoms. The van der Waals surface area contributed by atoms with Gasteiger partial charge in [-0.15, -0.1) is 0 Å². The maximum Gasteiger partial charge on any atom is 0.164 e. The van der Waals surface area contributed by atoms with Crippen LogP contribution in [0.25, 0.3) is 112 Å². The van der Waals surface area contributed by atoms with Crippen LogP contribution in [0, 0.1) is 11.3 Å². The van der Waals surface area contributed by atoms with E-state index in [1.54, 1.807) is 12.1 Å². The second-order valence-corrected chi connectivity index (χ2v) is 15.6. The van der Waals surface area contributed by atoms with Crippen LogP contribution in [-0.4, -0.2) is 24.9 Å². The summed E-state index contributed by atoms with van der Waals surface area (Å²) in [6.07, 6.45) is 0. The number of hydrogen-bond acceptors (Lipinski definition) is 6. The number of nitriles is 1. The lowest BCUT2D eigenvalue weighted by Gasteiger charge is -2.16. The summed E-state index contributed by atoms with van der Waals surface area (Å²) in [5.74, 6) is 2.03. The molecule has 6 nitrogen and oxygen atoms in total. The number of hydrogen-bond donors (Lipinski definition) is 0. The minimum absolute atomic E-state index is 0.103. The molecule has 6 heteroatoms. The minimum Gasteiger partial charge on any atom is -0.228 e. The largest absolute Gasteiger partial charge is 0.228 e. The lowest BCUT2D eigenvalue weighted by molar-refractivity contribution is 1.07. The molecular formula is C60H38N6. The van der Waals surface area contributed by atoms with Gasteiger partial charge in [-0.05, 0) is 80.9 Å². The van der Waals surface area contributed by atoms with Gasteiger partial charge in [0.2, 0.25) is 0 Å². The molecule has 0 atom stereocenters. The van der Waals surface area contributed by atoms with Crippen molar-refractivity contribution >= 4 is 10.9 Å². The van der Waals surface area contributed by atoms with E-state index in [9.17, 15) is 5.26 Å². The fraction of sp³-hybridized carbons (Fsp3) is 0. The molecule has 66 heavy (non-hydrogen) atoms. The van der Waals surface area contributed by atoms with Crippen LogP contribution in [0.15, 0.2) is 230 Å². The zero-order chi connectivity index (χ0) is 48.6. The van der Waals surface area contributed by atoms with Crippen molar-refractivity contribution in [2.75, 3.05) is 0 Å². The molecule has 0 fully saturated rings. The van der Waals surface area contributed by atoms with Gasteiger partial charge in [0.25, 0.3) is 0 Å². The van der Waals surface area contributed by atoms with Gasteiger partial charge in [0.1, 0.15) is 0 Å². The van der Waals surface area contributed by atoms with E-state index in [0.717, 1.165) is 72.1 Å². The molecule has 9 aromatic carbocycles. The highest BCUT2D eigenvalue weighted by atomic mass is 15.0. The molecule has 308 valence electrons. The number of fused-ring (bicyclic) bond motifs is 1. The van der Waals surface area contributed by atoms with Crippen LogP contribution in [0.2, 0.25) is 0 Å². The Hall–Kier alpha value is -9.18. The summed E-state index contributed by atoms with van der Waals surface area (Å²) in [4.78, 5) is 25.3. The maximum absolute atomic E-state index is 9.53. The molecule has 11 aromatic rings. The van der Waals surface area contributed by atoms with Crippen molar-refractivity contribution < 1.29 is 6.85 Å². The monoisotopic (exact) mass is 847 g/mol. The average molecular weight is 848 g/mol. The number of para-hydroxylation sites is 1. The van der Waals surface area contributed by atoms with Crippen LogP contribution in [-0.2, 0) is 0 Å². The van der Waals surface area contributed by atoms with Crippen molar-refractivity contribution in [1.82, 2.24) is 24.9 Å². The molecule has 0 N–H and O–H groups in total. The van der Waals surface area contributed by atoms with E-state index in [4.69, 9.17) is 31.8 Å². The zero-order valence-electron chi connectivity index (χ0n) is 40.2. The van der Waals surface area contributed by atoms with Gasteiger partial charge < -0.3 is 0 Å². The van der Waals surface area contributed by atoms with E-state index < -0.39 is 18.1 Å². The molecule has 11 rings (SSSR count). The number of aromatic nitrogens is 5. The predicted molar refractivity (Wildman–Crippen MR) is 267 cm³/mol. The molecule has 2 aromatic heterocycles. The van der Waals surface area contributed by atoms with E-state index in [2.05, 4.69) is 30.3 Å². The van der Waals surface area contributed by atoms with Crippen molar-refractivity contribution in [3.05, 3.63) is 236 Å². The Bertz CT molecular complexity index is 3870. The highest BCUT2D eigenvalue weighted by molar-refractivity contribution is 5.99. The summed E-state index contributed by atoms with van der Waals surface area (Å²) in [5, 5.41) is 10.4. The Morgan fingerprint density at radius 3 is 1.45 bits per heavy atom. The smallest absolute Gasteiger partial charge is 0.164 e. The van der Waals surface area contributed by atoms with E-state index in [1.165, 1.54) is 0 Å². The summed E-state index contributed by atoms with van der Waals surface area (Å²) >= 11 is 0. The quantitative estimate of drug-likeness (QED) is 0.144. The van der Waals surface area contributed by atoms with E-state index in [-0.39, 0.29) is 17.6 Å². The standard InChI is InChI=1S/C60H38N6/c61-39-40-15-12-22-46(35-40)47-23-13-24-48(36-47)49-25-14-26-51(37-49)60-65-58(44-20-8-3-9-21-44)64-59(66-60)45-31-29-42(30-32-45)54-38-50(41-16-4-1-5-17-41)33-34-52(54)56-53-27-10-11-28-55(53)62-57(63-56)43-18-6-2-7-19-43/h1-38H/i1D,4D,5D,16D,17D.